The second-order valence-corrected chi connectivity index (χ2v) is 9.51. The monoisotopic (exact) mass is 320 g/mol. The number of aromatic nitrogens is 2. The van der Waals surface area contributed by atoms with E-state index in [0.717, 1.165) is 22.6 Å². The van der Waals surface area contributed by atoms with Crippen LogP contribution in [-0.2, 0) is 6.42 Å². The first-order chi connectivity index (χ1) is 9.87. The van der Waals surface area contributed by atoms with Crippen molar-refractivity contribution in [2.45, 2.75) is 50.0 Å². The molecule has 3 rings (SSSR count). The van der Waals surface area contributed by atoms with Gasteiger partial charge >= 0.3 is 0 Å². The average Bonchev–Trinajstić information content (AvgIpc) is 2.94. The summed E-state index contributed by atoms with van der Waals surface area (Å²) in [7, 11) is 0. The molecule has 112 valence electrons. The van der Waals surface area contributed by atoms with Gasteiger partial charge in [-0.15, -0.1) is 23.1 Å². The van der Waals surface area contributed by atoms with Crippen molar-refractivity contribution in [3.63, 3.8) is 0 Å². The molecule has 2 aromatic heterocycles. The van der Waals surface area contributed by atoms with E-state index in [-0.39, 0.29) is 5.41 Å². The fourth-order valence-electron chi connectivity index (χ4n) is 2.85. The van der Waals surface area contributed by atoms with E-state index in [9.17, 15) is 4.79 Å². The number of fused-ring (bicyclic) bond motifs is 1. The number of hydrogen-bond donors (Lipinski definition) is 1. The molecule has 0 amide bonds. The average molecular weight is 320 g/mol. The highest BCUT2D eigenvalue weighted by molar-refractivity contribution is 8.01. The predicted octanol–water partition coefficient (Wildman–Crippen LogP) is 4.79. The van der Waals surface area contributed by atoms with Gasteiger partial charge in [-0.1, -0.05) is 27.7 Å². The van der Waals surface area contributed by atoms with Crippen LogP contribution in [0.2, 0.25) is 0 Å². The Balaban J connectivity index is 2.17. The van der Waals surface area contributed by atoms with Crippen molar-refractivity contribution in [3.8, 4) is 10.6 Å². The number of nitrogens with one attached hydrogen (secondary N) is 1. The number of carbonyl (C=O) groups excluding carboxylic acids is 1. The topological polar surface area (TPSA) is 45.8 Å². The van der Waals surface area contributed by atoms with Crippen LogP contribution in [0.15, 0.2) is 16.5 Å². The van der Waals surface area contributed by atoms with Gasteiger partial charge in [-0.2, -0.15) is 5.10 Å². The zero-order chi connectivity index (χ0) is 15.2. The Bertz CT molecular complexity index is 669. The van der Waals surface area contributed by atoms with Crippen molar-refractivity contribution in [1.29, 1.82) is 0 Å². The van der Waals surface area contributed by atoms with E-state index in [0.29, 0.717) is 17.5 Å². The maximum absolute atomic E-state index is 12.7. The molecule has 0 bridgehead atoms. The summed E-state index contributed by atoms with van der Waals surface area (Å²) < 4.78 is 1.17. The minimum atomic E-state index is 0.0377. The number of rotatable bonds is 3. The molecule has 3 nitrogen and oxygen atoms in total. The van der Waals surface area contributed by atoms with Gasteiger partial charge in [-0.3, -0.25) is 9.89 Å². The van der Waals surface area contributed by atoms with Crippen molar-refractivity contribution in [2.75, 3.05) is 0 Å². The zero-order valence-electron chi connectivity index (χ0n) is 12.8. The van der Waals surface area contributed by atoms with Gasteiger partial charge in [0, 0.05) is 23.4 Å². The Kier molecular flexibility index (Phi) is 3.74. The summed E-state index contributed by atoms with van der Waals surface area (Å²) in [6.45, 7) is 8.69. The Morgan fingerprint density at radius 3 is 2.76 bits per heavy atom. The van der Waals surface area contributed by atoms with E-state index >= 15 is 0 Å². The quantitative estimate of drug-likeness (QED) is 0.827. The van der Waals surface area contributed by atoms with Crippen LogP contribution in [0, 0.1) is 5.41 Å². The maximum atomic E-state index is 12.7. The van der Waals surface area contributed by atoms with Gasteiger partial charge in [0.2, 0.25) is 0 Å². The number of nitrogens with zero attached hydrogens (tertiary/aromatic N) is 1. The van der Waals surface area contributed by atoms with Crippen molar-refractivity contribution in [2.24, 2.45) is 5.41 Å². The molecule has 1 aliphatic rings. The molecule has 1 aliphatic carbocycles. The molecule has 0 spiro atoms. The largest absolute Gasteiger partial charge is 0.294 e. The third-order valence-electron chi connectivity index (χ3n) is 3.62. The molecule has 1 N–H and O–H groups in total. The number of ketones is 1. The lowest BCUT2D eigenvalue weighted by molar-refractivity contribution is 0.0910. The first-order valence-electron chi connectivity index (χ1n) is 7.23. The third-order valence-corrected chi connectivity index (χ3v) is 6.10. The molecule has 21 heavy (non-hydrogen) atoms. The summed E-state index contributed by atoms with van der Waals surface area (Å²) in [5.41, 5.74) is 3.17. The van der Waals surface area contributed by atoms with Crippen molar-refractivity contribution >= 4 is 28.9 Å². The number of carbonyl (C=O) groups is 1. The fourth-order valence-corrected chi connectivity index (χ4v) is 5.69. The Morgan fingerprint density at radius 2 is 2.14 bits per heavy atom. The molecule has 0 fully saturated rings. The first-order valence-corrected chi connectivity index (χ1v) is 8.93. The molecule has 2 heterocycles. The van der Waals surface area contributed by atoms with Crippen LogP contribution in [-0.4, -0.2) is 21.2 Å². The maximum Gasteiger partial charge on any atom is 0.165 e. The summed E-state index contributed by atoms with van der Waals surface area (Å²) >= 11 is 3.52. The number of H-pyrrole nitrogens is 1. The van der Waals surface area contributed by atoms with Gasteiger partial charge in [-0.05, 0) is 23.5 Å². The number of Topliss-reactive ketones (excluding diaryl/α,β-unsaturated/α-hetero) is 1. The second-order valence-electron chi connectivity index (χ2n) is 6.64. The van der Waals surface area contributed by atoms with Crippen LogP contribution >= 0.6 is 23.1 Å². The molecular formula is C16H20N2OS2. The molecule has 0 radical (unpaired) electrons. The van der Waals surface area contributed by atoms with Crippen molar-refractivity contribution in [1.82, 2.24) is 10.2 Å². The lowest BCUT2D eigenvalue weighted by Crippen LogP contribution is -2.26. The van der Waals surface area contributed by atoms with Gasteiger partial charge in [0.05, 0.1) is 9.09 Å². The number of hydrogen-bond acceptors (Lipinski definition) is 4. The van der Waals surface area contributed by atoms with E-state index in [4.69, 9.17) is 0 Å². The summed E-state index contributed by atoms with van der Waals surface area (Å²) in [5.74, 6) is 0.294. The Morgan fingerprint density at radius 1 is 1.38 bits per heavy atom. The SMILES string of the molecule is CC(C)Sc1sc(-c2cc[nH]n2)c2c1C(=O)CC(C)(C)C2. The standard InChI is InChI=1S/C16H20N2OS2/c1-9(2)20-15-13-10(7-16(3,4)8-12(13)19)14(21-15)11-5-6-17-18-11/h5-6,9H,7-8H2,1-4H3,(H,17,18). The number of thiophene rings is 1. The number of thioether (sulfide) groups is 1. The van der Waals surface area contributed by atoms with Crippen LogP contribution in [0.3, 0.4) is 0 Å². The molecule has 0 aromatic carbocycles. The Hall–Kier alpha value is -1.07. The summed E-state index contributed by atoms with van der Waals surface area (Å²) in [6.07, 6.45) is 3.43. The number of aromatic amines is 1. The molecule has 0 aliphatic heterocycles. The highest BCUT2D eigenvalue weighted by Gasteiger charge is 2.36. The molecule has 2 aromatic rings. The molecule has 5 heteroatoms. The van der Waals surface area contributed by atoms with E-state index in [2.05, 4.69) is 37.9 Å². The van der Waals surface area contributed by atoms with E-state index in [1.165, 1.54) is 9.77 Å². The Labute approximate surface area is 133 Å². The predicted molar refractivity (Wildman–Crippen MR) is 89.3 cm³/mol. The van der Waals surface area contributed by atoms with Crippen LogP contribution in [0.25, 0.3) is 10.6 Å². The van der Waals surface area contributed by atoms with Crippen LogP contribution < -0.4 is 0 Å². The summed E-state index contributed by atoms with van der Waals surface area (Å²) in [6, 6.07) is 1.99. The highest BCUT2D eigenvalue weighted by atomic mass is 32.2. The van der Waals surface area contributed by atoms with Gasteiger partial charge in [0.15, 0.2) is 5.78 Å². The van der Waals surface area contributed by atoms with E-state index in [1.807, 2.05) is 12.3 Å². The smallest absolute Gasteiger partial charge is 0.165 e. The molecule has 0 saturated carbocycles. The molecule has 0 saturated heterocycles. The van der Waals surface area contributed by atoms with Crippen LogP contribution in [0.5, 0.6) is 0 Å². The molecular weight excluding hydrogens is 300 g/mol. The molecule has 0 atom stereocenters. The summed E-state index contributed by atoms with van der Waals surface area (Å²) in [5, 5.41) is 7.68. The van der Waals surface area contributed by atoms with Gasteiger partial charge in [0.1, 0.15) is 5.69 Å². The van der Waals surface area contributed by atoms with Crippen LogP contribution in [0.4, 0.5) is 0 Å². The van der Waals surface area contributed by atoms with Crippen LogP contribution in [0.1, 0.15) is 50.0 Å². The minimum absolute atomic E-state index is 0.0377. The lowest BCUT2D eigenvalue weighted by atomic mass is 9.74. The van der Waals surface area contributed by atoms with Crippen molar-refractivity contribution < 1.29 is 4.79 Å². The van der Waals surface area contributed by atoms with Gasteiger partial charge in [0.25, 0.3) is 0 Å². The van der Waals surface area contributed by atoms with Gasteiger partial charge < -0.3 is 0 Å². The van der Waals surface area contributed by atoms with E-state index in [1.54, 1.807) is 23.1 Å². The first kappa shape index (κ1) is 14.9. The lowest BCUT2D eigenvalue weighted by Gasteiger charge is -2.29. The fraction of sp³-hybridized carbons (Fsp3) is 0.500. The zero-order valence-corrected chi connectivity index (χ0v) is 14.5. The minimum Gasteiger partial charge on any atom is -0.294 e. The third kappa shape index (κ3) is 2.81. The highest BCUT2D eigenvalue weighted by Crippen LogP contribution is 2.48. The van der Waals surface area contributed by atoms with Gasteiger partial charge in [-0.25, -0.2) is 0 Å². The van der Waals surface area contributed by atoms with Crippen molar-refractivity contribution in [3.05, 3.63) is 23.4 Å². The summed E-state index contributed by atoms with van der Waals surface area (Å²) in [4.78, 5) is 13.8. The normalized spacial score (nSPS) is 17.3. The second kappa shape index (κ2) is 5.29. The van der Waals surface area contributed by atoms with E-state index < -0.39 is 0 Å². The molecule has 0 unspecified atom stereocenters.